The number of hydrogen-bond donors (Lipinski definition) is 0. The molecule has 0 rings (SSSR count). The van der Waals surface area contributed by atoms with Crippen molar-refractivity contribution in [2.24, 2.45) is 5.92 Å². The van der Waals surface area contributed by atoms with Crippen molar-refractivity contribution in [2.45, 2.75) is 53.4 Å². The SMILES string of the molecule is CCCCC(CC)C(=O)OCC=C(C)C. The first-order valence-corrected chi connectivity index (χ1v) is 5.91. The van der Waals surface area contributed by atoms with E-state index in [-0.39, 0.29) is 11.9 Å². The summed E-state index contributed by atoms with van der Waals surface area (Å²) in [7, 11) is 0. The Kier molecular flexibility index (Phi) is 8.06. The van der Waals surface area contributed by atoms with Crippen molar-refractivity contribution in [2.75, 3.05) is 6.61 Å². The summed E-state index contributed by atoms with van der Waals surface area (Å²) < 4.78 is 5.19. The van der Waals surface area contributed by atoms with E-state index in [0.717, 1.165) is 25.7 Å². The van der Waals surface area contributed by atoms with Crippen LogP contribution in [0, 0.1) is 5.92 Å². The second kappa shape index (κ2) is 8.51. The Hall–Kier alpha value is -0.790. The van der Waals surface area contributed by atoms with Gasteiger partial charge in [0.05, 0.1) is 5.92 Å². The molecule has 0 heterocycles. The van der Waals surface area contributed by atoms with E-state index in [2.05, 4.69) is 6.92 Å². The van der Waals surface area contributed by atoms with E-state index in [1.165, 1.54) is 5.57 Å². The molecule has 0 aromatic rings. The lowest BCUT2D eigenvalue weighted by Crippen LogP contribution is -2.17. The Morgan fingerprint density at radius 2 is 2.00 bits per heavy atom. The molecule has 0 spiro atoms. The Balaban J connectivity index is 3.88. The van der Waals surface area contributed by atoms with Gasteiger partial charge >= 0.3 is 5.97 Å². The van der Waals surface area contributed by atoms with Gasteiger partial charge in [-0.05, 0) is 32.8 Å². The van der Waals surface area contributed by atoms with Gasteiger partial charge in [0, 0.05) is 0 Å². The lowest BCUT2D eigenvalue weighted by molar-refractivity contribution is -0.147. The van der Waals surface area contributed by atoms with Crippen LogP contribution in [0.1, 0.15) is 53.4 Å². The molecule has 0 saturated heterocycles. The van der Waals surface area contributed by atoms with Crippen LogP contribution in [0.4, 0.5) is 0 Å². The van der Waals surface area contributed by atoms with Gasteiger partial charge in [0.2, 0.25) is 0 Å². The van der Waals surface area contributed by atoms with Crippen LogP contribution in [0.5, 0.6) is 0 Å². The zero-order chi connectivity index (χ0) is 11.7. The third-order valence-electron chi connectivity index (χ3n) is 2.45. The Morgan fingerprint density at radius 1 is 1.33 bits per heavy atom. The van der Waals surface area contributed by atoms with E-state index in [0.29, 0.717) is 6.61 Å². The molecule has 2 heteroatoms. The van der Waals surface area contributed by atoms with E-state index < -0.39 is 0 Å². The molecule has 88 valence electrons. The highest BCUT2D eigenvalue weighted by Crippen LogP contribution is 2.14. The molecule has 0 radical (unpaired) electrons. The highest BCUT2D eigenvalue weighted by atomic mass is 16.5. The first-order valence-electron chi connectivity index (χ1n) is 5.91. The summed E-state index contributed by atoms with van der Waals surface area (Å²) in [6.07, 6.45) is 6.02. The number of hydrogen-bond acceptors (Lipinski definition) is 2. The highest BCUT2D eigenvalue weighted by molar-refractivity contribution is 5.72. The molecule has 0 amide bonds. The summed E-state index contributed by atoms with van der Waals surface area (Å²) in [5.41, 5.74) is 1.18. The third-order valence-corrected chi connectivity index (χ3v) is 2.45. The van der Waals surface area contributed by atoms with Gasteiger partial charge in [-0.15, -0.1) is 0 Å². The van der Waals surface area contributed by atoms with Gasteiger partial charge in [-0.2, -0.15) is 0 Å². The van der Waals surface area contributed by atoms with E-state index in [1.54, 1.807) is 0 Å². The Labute approximate surface area is 93.7 Å². The van der Waals surface area contributed by atoms with E-state index >= 15 is 0 Å². The minimum atomic E-state index is -0.0385. The van der Waals surface area contributed by atoms with E-state index in [1.807, 2.05) is 26.8 Å². The molecule has 0 fully saturated rings. The van der Waals surface area contributed by atoms with E-state index in [4.69, 9.17) is 4.74 Å². The maximum atomic E-state index is 11.6. The molecule has 0 bridgehead atoms. The number of unbranched alkanes of at least 4 members (excludes halogenated alkanes) is 1. The minimum absolute atomic E-state index is 0.0385. The monoisotopic (exact) mass is 212 g/mol. The minimum Gasteiger partial charge on any atom is -0.461 e. The molecule has 0 aliphatic carbocycles. The first-order chi connectivity index (χ1) is 7.11. The van der Waals surface area contributed by atoms with Crippen LogP contribution in [-0.4, -0.2) is 12.6 Å². The van der Waals surface area contributed by atoms with Crippen LogP contribution in [0.15, 0.2) is 11.6 Å². The molecular formula is C13H24O2. The molecule has 1 atom stereocenters. The zero-order valence-electron chi connectivity index (χ0n) is 10.5. The van der Waals surface area contributed by atoms with Gasteiger partial charge in [-0.3, -0.25) is 4.79 Å². The predicted octanol–water partition coefficient (Wildman–Crippen LogP) is 3.71. The van der Waals surface area contributed by atoms with E-state index in [9.17, 15) is 4.79 Å². The molecule has 0 aliphatic heterocycles. The molecule has 2 nitrogen and oxygen atoms in total. The van der Waals surface area contributed by atoms with Crippen molar-refractivity contribution in [1.82, 2.24) is 0 Å². The maximum Gasteiger partial charge on any atom is 0.309 e. The molecule has 0 aromatic heterocycles. The second-order valence-electron chi connectivity index (χ2n) is 4.16. The molecule has 0 saturated carbocycles. The summed E-state index contributed by atoms with van der Waals surface area (Å²) >= 11 is 0. The topological polar surface area (TPSA) is 26.3 Å². The lowest BCUT2D eigenvalue weighted by Gasteiger charge is -2.12. The van der Waals surface area contributed by atoms with Gasteiger partial charge in [-0.1, -0.05) is 32.3 Å². The number of carbonyl (C=O) groups is 1. The van der Waals surface area contributed by atoms with Crippen molar-refractivity contribution in [3.63, 3.8) is 0 Å². The molecule has 0 aliphatic rings. The average Bonchev–Trinajstić information content (AvgIpc) is 2.18. The third kappa shape index (κ3) is 7.18. The Bertz CT molecular complexity index is 203. The molecular weight excluding hydrogens is 188 g/mol. The second-order valence-corrected chi connectivity index (χ2v) is 4.16. The van der Waals surface area contributed by atoms with Crippen molar-refractivity contribution in [1.29, 1.82) is 0 Å². The van der Waals surface area contributed by atoms with Gasteiger partial charge < -0.3 is 4.74 Å². The summed E-state index contributed by atoms with van der Waals surface area (Å²) in [4.78, 5) is 11.6. The quantitative estimate of drug-likeness (QED) is 0.475. The van der Waals surface area contributed by atoms with Crippen LogP contribution in [0.25, 0.3) is 0 Å². The van der Waals surface area contributed by atoms with Crippen molar-refractivity contribution in [3.8, 4) is 0 Å². The number of rotatable bonds is 7. The fraction of sp³-hybridized carbons (Fsp3) is 0.769. The van der Waals surface area contributed by atoms with Gasteiger partial charge in [-0.25, -0.2) is 0 Å². The average molecular weight is 212 g/mol. The van der Waals surface area contributed by atoms with Gasteiger partial charge in [0.25, 0.3) is 0 Å². The van der Waals surface area contributed by atoms with Crippen LogP contribution < -0.4 is 0 Å². The van der Waals surface area contributed by atoms with Crippen molar-refractivity contribution < 1.29 is 9.53 Å². The maximum absolute atomic E-state index is 11.6. The number of allylic oxidation sites excluding steroid dienone is 1. The van der Waals surface area contributed by atoms with Crippen LogP contribution in [-0.2, 0) is 9.53 Å². The van der Waals surface area contributed by atoms with Crippen LogP contribution >= 0.6 is 0 Å². The number of esters is 1. The zero-order valence-corrected chi connectivity index (χ0v) is 10.5. The largest absolute Gasteiger partial charge is 0.461 e. The lowest BCUT2D eigenvalue weighted by atomic mass is 10.00. The summed E-state index contributed by atoms with van der Waals surface area (Å²) in [5.74, 6) is 0.0546. The number of carbonyl (C=O) groups excluding carboxylic acids is 1. The summed E-state index contributed by atoms with van der Waals surface area (Å²) in [6, 6.07) is 0. The van der Waals surface area contributed by atoms with Crippen LogP contribution in [0.3, 0.4) is 0 Å². The normalized spacial score (nSPS) is 12.0. The number of ether oxygens (including phenoxy) is 1. The fourth-order valence-electron chi connectivity index (χ4n) is 1.35. The summed E-state index contributed by atoms with van der Waals surface area (Å²) in [5, 5.41) is 0. The molecule has 15 heavy (non-hydrogen) atoms. The molecule has 0 N–H and O–H groups in total. The van der Waals surface area contributed by atoms with Crippen molar-refractivity contribution >= 4 is 5.97 Å². The van der Waals surface area contributed by atoms with Gasteiger partial charge in [0.15, 0.2) is 0 Å². The Morgan fingerprint density at radius 3 is 2.47 bits per heavy atom. The predicted molar refractivity (Wildman–Crippen MR) is 63.7 cm³/mol. The van der Waals surface area contributed by atoms with Crippen molar-refractivity contribution in [3.05, 3.63) is 11.6 Å². The van der Waals surface area contributed by atoms with Crippen LogP contribution in [0.2, 0.25) is 0 Å². The molecule has 0 aromatic carbocycles. The summed E-state index contributed by atoms with van der Waals surface area (Å²) in [6.45, 7) is 8.61. The fourth-order valence-corrected chi connectivity index (χ4v) is 1.35. The first kappa shape index (κ1) is 14.2. The highest BCUT2D eigenvalue weighted by Gasteiger charge is 2.16. The molecule has 1 unspecified atom stereocenters. The van der Waals surface area contributed by atoms with Gasteiger partial charge in [0.1, 0.15) is 6.61 Å². The smallest absolute Gasteiger partial charge is 0.309 e. The standard InChI is InChI=1S/C13H24O2/c1-5-7-8-12(6-2)13(14)15-10-9-11(3)4/h9,12H,5-8,10H2,1-4H3.